The summed E-state index contributed by atoms with van der Waals surface area (Å²) in [5, 5.41) is 10.9. The number of hydrogen-bond acceptors (Lipinski definition) is 5. The first-order valence-electron chi connectivity index (χ1n) is 9.43. The van der Waals surface area contributed by atoms with Crippen LogP contribution in [0.2, 0.25) is 0 Å². The number of non-ortho nitro benzene ring substituents is 1. The molecular weight excluding hydrogens is 378 g/mol. The molecule has 0 unspecified atom stereocenters. The van der Waals surface area contributed by atoms with Gasteiger partial charge in [-0.2, -0.15) is 0 Å². The van der Waals surface area contributed by atoms with Crippen molar-refractivity contribution in [3.8, 4) is 11.5 Å². The molecule has 0 aliphatic rings. The number of rotatable bonds is 5. The van der Waals surface area contributed by atoms with Crippen LogP contribution >= 0.6 is 0 Å². The zero-order valence-electron chi connectivity index (χ0n) is 16.6. The summed E-state index contributed by atoms with van der Waals surface area (Å²) in [6, 6.07) is 18.2. The van der Waals surface area contributed by atoms with Gasteiger partial charge in [0, 0.05) is 23.9 Å². The average molecular weight is 397 g/mol. The molecule has 0 radical (unpaired) electrons. The Morgan fingerprint density at radius 2 is 1.93 bits per heavy atom. The molecule has 6 heteroatoms. The first-order chi connectivity index (χ1) is 14.5. The van der Waals surface area contributed by atoms with Gasteiger partial charge in [0.1, 0.15) is 5.52 Å². The summed E-state index contributed by atoms with van der Waals surface area (Å²) in [6.07, 6.45) is 5.20. The van der Waals surface area contributed by atoms with Gasteiger partial charge in [-0.05, 0) is 60.9 Å². The van der Waals surface area contributed by atoms with E-state index in [0.717, 1.165) is 39.0 Å². The van der Waals surface area contributed by atoms with Crippen LogP contribution < -0.4 is 0 Å². The molecule has 0 spiro atoms. The van der Waals surface area contributed by atoms with Gasteiger partial charge in [-0.3, -0.25) is 15.1 Å². The number of benzene rings is 3. The van der Waals surface area contributed by atoms with Crippen molar-refractivity contribution in [3.63, 3.8) is 0 Å². The number of nitrogens with zero attached hydrogens (tertiary/aromatic N) is 3. The zero-order chi connectivity index (χ0) is 21.1. The van der Waals surface area contributed by atoms with Crippen LogP contribution in [-0.2, 0) is 0 Å². The fourth-order valence-corrected chi connectivity index (χ4v) is 3.06. The van der Waals surface area contributed by atoms with Crippen molar-refractivity contribution < 1.29 is 9.34 Å². The van der Waals surface area contributed by atoms with Gasteiger partial charge in [-0.25, -0.2) is 4.98 Å². The Bertz CT molecular complexity index is 1300. The van der Waals surface area contributed by atoms with E-state index in [1.165, 1.54) is 12.1 Å². The Kier molecular flexibility index (Phi) is 5.22. The number of oxazole rings is 1. The van der Waals surface area contributed by atoms with Crippen molar-refractivity contribution in [3.05, 3.63) is 93.5 Å². The Morgan fingerprint density at radius 3 is 2.77 bits per heavy atom. The van der Waals surface area contributed by atoms with Crippen molar-refractivity contribution in [2.75, 3.05) is 0 Å². The molecular formula is C24H19N3O3. The number of hydrogen-bond donors (Lipinski definition) is 0. The van der Waals surface area contributed by atoms with E-state index in [2.05, 4.69) is 9.98 Å². The molecule has 4 aromatic rings. The summed E-state index contributed by atoms with van der Waals surface area (Å²) < 4.78 is 5.89. The summed E-state index contributed by atoms with van der Waals surface area (Å²) >= 11 is 0. The van der Waals surface area contributed by atoms with Gasteiger partial charge in [0.25, 0.3) is 5.69 Å². The van der Waals surface area contributed by atoms with Crippen molar-refractivity contribution in [2.45, 2.75) is 13.8 Å². The van der Waals surface area contributed by atoms with Crippen molar-refractivity contribution in [1.82, 2.24) is 4.98 Å². The molecule has 4 rings (SSSR count). The number of aliphatic imine (C=N–C) groups is 1. The summed E-state index contributed by atoms with van der Waals surface area (Å²) in [5.74, 6) is 0.555. The van der Waals surface area contributed by atoms with Gasteiger partial charge in [-0.1, -0.05) is 30.3 Å². The second-order valence-corrected chi connectivity index (χ2v) is 6.98. The first kappa shape index (κ1) is 19.3. The Hall–Kier alpha value is -4.06. The van der Waals surface area contributed by atoms with Crippen LogP contribution in [0.25, 0.3) is 28.6 Å². The second-order valence-electron chi connectivity index (χ2n) is 6.98. The molecule has 0 amide bonds. The molecule has 0 bridgehead atoms. The number of nitro groups is 1. The fourth-order valence-electron chi connectivity index (χ4n) is 3.06. The van der Waals surface area contributed by atoms with E-state index in [1.54, 1.807) is 30.5 Å². The topological polar surface area (TPSA) is 81.5 Å². The van der Waals surface area contributed by atoms with Gasteiger partial charge >= 0.3 is 0 Å². The lowest BCUT2D eigenvalue weighted by atomic mass is 10.1. The SMILES string of the molecule is Cc1ccc2oc(-c3ccc(C)c(N=CC=Cc4cccc([N+](=O)[O-])c4)c3)nc2c1. The highest BCUT2D eigenvalue weighted by atomic mass is 16.6. The maximum Gasteiger partial charge on any atom is 0.270 e. The molecule has 6 nitrogen and oxygen atoms in total. The second kappa shape index (κ2) is 8.13. The van der Waals surface area contributed by atoms with Crippen molar-refractivity contribution >= 4 is 34.8 Å². The zero-order valence-corrected chi connectivity index (χ0v) is 16.6. The van der Waals surface area contributed by atoms with Gasteiger partial charge in [-0.15, -0.1) is 0 Å². The first-order valence-corrected chi connectivity index (χ1v) is 9.43. The normalized spacial score (nSPS) is 11.7. The third kappa shape index (κ3) is 4.17. The van der Waals surface area contributed by atoms with Crippen LogP contribution in [-0.4, -0.2) is 16.1 Å². The predicted octanol–water partition coefficient (Wildman–Crippen LogP) is 6.44. The lowest BCUT2D eigenvalue weighted by Gasteiger charge is -2.02. The van der Waals surface area contributed by atoms with Gasteiger partial charge < -0.3 is 4.42 Å². The summed E-state index contributed by atoms with van der Waals surface area (Å²) in [6.45, 7) is 4.00. The van der Waals surface area contributed by atoms with E-state index < -0.39 is 4.92 Å². The minimum absolute atomic E-state index is 0.0613. The summed E-state index contributed by atoms with van der Waals surface area (Å²) in [4.78, 5) is 19.6. The minimum atomic E-state index is -0.409. The maximum atomic E-state index is 10.9. The van der Waals surface area contributed by atoms with E-state index in [9.17, 15) is 10.1 Å². The molecule has 0 fully saturated rings. The van der Waals surface area contributed by atoms with Crippen LogP contribution in [0.3, 0.4) is 0 Å². The van der Waals surface area contributed by atoms with Crippen LogP contribution in [0, 0.1) is 24.0 Å². The van der Waals surface area contributed by atoms with Crippen molar-refractivity contribution in [1.29, 1.82) is 0 Å². The van der Waals surface area contributed by atoms with E-state index >= 15 is 0 Å². The lowest BCUT2D eigenvalue weighted by Crippen LogP contribution is -1.87. The van der Waals surface area contributed by atoms with E-state index in [4.69, 9.17) is 4.42 Å². The van der Waals surface area contributed by atoms with Crippen LogP contribution in [0.15, 0.2) is 76.1 Å². The number of aryl methyl sites for hydroxylation is 2. The molecule has 1 aromatic heterocycles. The van der Waals surface area contributed by atoms with E-state index in [-0.39, 0.29) is 5.69 Å². The Morgan fingerprint density at radius 1 is 1.07 bits per heavy atom. The predicted molar refractivity (Wildman–Crippen MR) is 119 cm³/mol. The standard InChI is InChI=1S/C24H19N3O3/c1-16-8-11-23-22(13-16)26-24(30-23)19-10-9-17(2)21(15-19)25-12-4-6-18-5-3-7-20(14-18)27(28)29/h3-15H,1-2H3. The molecule has 30 heavy (non-hydrogen) atoms. The average Bonchev–Trinajstić information content (AvgIpc) is 3.15. The molecule has 0 saturated heterocycles. The Balaban J connectivity index is 1.57. The third-order valence-electron chi connectivity index (χ3n) is 4.67. The van der Waals surface area contributed by atoms with Crippen LogP contribution in [0.4, 0.5) is 11.4 Å². The number of nitro benzene ring substituents is 1. The lowest BCUT2D eigenvalue weighted by molar-refractivity contribution is -0.384. The third-order valence-corrected chi connectivity index (χ3v) is 4.67. The van der Waals surface area contributed by atoms with Crippen LogP contribution in [0.5, 0.6) is 0 Å². The molecule has 0 N–H and O–H groups in total. The van der Waals surface area contributed by atoms with E-state index in [0.29, 0.717) is 5.89 Å². The van der Waals surface area contributed by atoms with Gasteiger partial charge in [0.2, 0.25) is 5.89 Å². The minimum Gasteiger partial charge on any atom is -0.436 e. The monoisotopic (exact) mass is 397 g/mol. The quantitative estimate of drug-likeness (QED) is 0.220. The summed E-state index contributed by atoms with van der Waals surface area (Å²) in [7, 11) is 0. The van der Waals surface area contributed by atoms with Crippen molar-refractivity contribution in [2.24, 2.45) is 4.99 Å². The molecule has 0 aliphatic carbocycles. The molecule has 1 heterocycles. The number of allylic oxidation sites excluding steroid dienone is 1. The molecule has 3 aromatic carbocycles. The molecule has 148 valence electrons. The number of aromatic nitrogens is 1. The highest BCUT2D eigenvalue weighted by Gasteiger charge is 2.10. The smallest absolute Gasteiger partial charge is 0.270 e. The Labute approximate surface area is 173 Å². The molecule has 0 aliphatic heterocycles. The van der Waals surface area contributed by atoms with Crippen LogP contribution in [0.1, 0.15) is 16.7 Å². The fraction of sp³-hybridized carbons (Fsp3) is 0.0833. The summed E-state index contributed by atoms with van der Waals surface area (Å²) in [5.41, 5.74) is 6.18. The highest BCUT2D eigenvalue weighted by molar-refractivity contribution is 5.82. The maximum absolute atomic E-state index is 10.9. The molecule has 0 atom stereocenters. The number of fused-ring (bicyclic) bond motifs is 1. The van der Waals surface area contributed by atoms with E-state index in [1.807, 2.05) is 50.2 Å². The van der Waals surface area contributed by atoms with Gasteiger partial charge in [0.05, 0.1) is 10.6 Å². The largest absolute Gasteiger partial charge is 0.436 e. The van der Waals surface area contributed by atoms with Gasteiger partial charge in [0.15, 0.2) is 5.58 Å². The highest BCUT2D eigenvalue weighted by Crippen LogP contribution is 2.29. The molecule has 0 saturated carbocycles.